The third kappa shape index (κ3) is 14.3. The highest BCUT2D eigenvalue weighted by Crippen LogP contribution is 2.61. The van der Waals surface area contributed by atoms with E-state index in [1.807, 2.05) is 0 Å². The lowest BCUT2D eigenvalue weighted by Crippen LogP contribution is -2.33. The van der Waals surface area contributed by atoms with Crippen molar-refractivity contribution in [1.82, 2.24) is 0 Å². The Morgan fingerprint density at radius 3 is 1.91 bits per heavy atom. The van der Waals surface area contributed by atoms with E-state index < -0.39 is 127 Å². The first kappa shape index (κ1) is 42.0. The number of aliphatic hydroxyl groups is 1. The fourth-order valence-corrected chi connectivity index (χ4v) is 9.18. The van der Waals surface area contributed by atoms with Gasteiger partial charge in [0.2, 0.25) is 0 Å². The maximum Gasteiger partial charge on any atom is 0.472 e. The highest BCUT2D eigenvalue weighted by Gasteiger charge is 2.43. The van der Waals surface area contributed by atoms with E-state index in [0.29, 0.717) is 0 Å². The molecule has 14 atom stereocenters. The quantitative estimate of drug-likeness (QED) is 0.0845. The molecule has 0 spiro atoms. The molecular weight excluding hydrogens is 750 g/mol. The molecule has 3 N–H and O–H groups in total. The molecule has 3 heterocycles. The van der Waals surface area contributed by atoms with Crippen molar-refractivity contribution >= 4 is 61.9 Å². The Labute approximate surface area is 269 Å². The Balaban J connectivity index is 1.54. The number of hydrogen-bond acceptors (Lipinski definition) is 20. The average Bonchev–Trinajstić information content (AvgIpc) is 3.58. The van der Waals surface area contributed by atoms with Crippen molar-refractivity contribution < 1.29 is 107 Å². The number of rotatable bonds is 19. The summed E-state index contributed by atoms with van der Waals surface area (Å²) in [5.41, 5.74) is 0. The number of phosphoric acid groups is 5. The molecule has 3 aliphatic rings. The lowest BCUT2D eigenvalue weighted by Gasteiger charge is -2.33. The number of hydrogen-bond donors (Lipinski definition) is 3. The fourth-order valence-electron chi connectivity index (χ4n) is 4.38. The average molecular weight is 777 g/mol. The summed E-state index contributed by atoms with van der Waals surface area (Å²) in [7, 11) is -16.3. The van der Waals surface area contributed by atoms with Crippen LogP contribution in [0, 0.1) is 0 Å². The van der Waals surface area contributed by atoms with Crippen LogP contribution in [0.4, 0.5) is 4.39 Å². The monoisotopic (exact) mass is 777 g/mol. The van der Waals surface area contributed by atoms with Gasteiger partial charge in [-0.1, -0.05) is 0 Å². The maximum atomic E-state index is 12.8. The van der Waals surface area contributed by atoms with Gasteiger partial charge >= 0.3 is 7.82 Å². The predicted molar refractivity (Wildman–Crippen MR) is 141 cm³/mol. The Kier molecular flexibility index (Phi) is 15.2. The van der Waals surface area contributed by atoms with E-state index in [1.54, 1.807) is 0 Å². The Bertz CT molecular complexity index is 1290. The first-order chi connectivity index (χ1) is 21.5. The first-order valence-electron chi connectivity index (χ1n) is 13.0. The van der Waals surface area contributed by atoms with Crippen LogP contribution in [0.5, 0.6) is 0 Å². The Morgan fingerprint density at radius 2 is 1.34 bits per heavy atom. The molecule has 5 unspecified atom stereocenters. The van der Waals surface area contributed by atoms with Crippen molar-refractivity contribution in [2.45, 2.75) is 74.0 Å². The molecule has 0 aromatic rings. The molecule has 5 radical (unpaired) electrons. The second kappa shape index (κ2) is 17.0. The lowest BCUT2D eigenvalue weighted by atomic mass is 9.51. The van der Waals surface area contributed by atoms with Crippen LogP contribution in [-0.2, 0) is 68.3 Å². The third-order valence-electron chi connectivity index (χ3n) is 6.28. The van der Waals surface area contributed by atoms with E-state index in [4.69, 9.17) is 52.8 Å². The van der Waals surface area contributed by atoms with Crippen molar-refractivity contribution in [2.75, 3.05) is 26.5 Å². The van der Waals surface area contributed by atoms with Gasteiger partial charge in [0.15, 0.2) is 0 Å². The van der Waals surface area contributed by atoms with Crippen LogP contribution in [0.1, 0.15) is 19.3 Å². The molecule has 0 amide bonds. The van der Waals surface area contributed by atoms with Crippen LogP contribution in [0.3, 0.4) is 0 Å². The van der Waals surface area contributed by atoms with Crippen LogP contribution in [0.25, 0.3) is 0 Å². The minimum atomic E-state index is -6.21. The third-order valence-corrected chi connectivity index (χ3v) is 12.0. The van der Waals surface area contributed by atoms with Crippen LogP contribution in [0.2, 0.25) is 0 Å². The number of aliphatic hydroxyl groups excluding tert-OH is 1. The molecule has 31 heteroatoms. The van der Waals surface area contributed by atoms with Crippen molar-refractivity contribution in [3.63, 3.8) is 0 Å². The van der Waals surface area contributed by atoms with Gasteiger partial charge < -0.3 is 62.2 Å². The maximum absolute atomic E-state index is 12.8. The molecule has 0 aliphatic carbocycles. The van der Waals surface area contributed by atoms with Crippen molar-refractivity contribution in [1.29, 1.82) is 0 Å². The Hall–Kier alpha value is 0.595. The number of alkyl halides is 1. The molecule has 3 fully saturated rings. The van der Waals surface area contributed by atoms with E-state index in [9.17, 15) is 56.8 Å². The van der Waals surface area contributed by atoms with Gasteiger partial charge in [-0.3, -0.25) is 27.3 Å². The minimum absolute atomic E-state index is 0.0666. The summed E-state index contributed by atoms with van der Waals surface area (Å²) >= 11 is 0. The summed E-state index contributed by atoms with van der Waals surface area (Å²) in [6.45, 7) is -3.64. The molecule has 3 rings (SSSR count). The Morgan fingerprint density at radius 1 is 0.766 bits per heavy atom. The SMILES string of the molecule is [B][B][C@H]1C[C@H](OP(=O)(O)OC[C@H]2O[C@@H](CF)C[C@@H]2O)[C@@H](COP(=O)([O-])O[C@H]2C[C@H]([B])O[C@@H]2COP(=O)([O-])OP(=O)([O-])OP(=O)([O-])O)O1. The van der Waals surface area contributed by atoms with Crippen molar-refractivity contribution in [3.8, 4) is 0 Å². The zero-order valence-electron chi connectivity index (χ0n) is 23.6. The molecule has 22 nitrogen and oxygen atoms in total. The van der Waals surface area contributed by atoms with Gasteiger partial charge in [-0.25, -0.2) is 17.6 Å². The van der Waals surface area contributed by atoms with Crippen molar-refractivity contribution in [3.05, 3.63) is 0 Å². The normalized spacial score (nSPS) is 37.7. The highest BCUT2D eigenvalue weighted by molar-refractivity contribution is 7.65. The number of ether oxygens (including phenoxy) is 3. The van der Waals surface area contributed by atoms with E-state index in [1.165, 1.54) is 0 Å². The molecule has 0 saturated carbocycles. The highest BCUT2D eigenvalue weighted by atomic mass is 31.3. The molecule has 0 bridgehead atoms. The van der Waals surface area contributed by atoms with Gasteiger partial charge in [-0.2, -0.15) is 0 Å². The summed E-state index contributed by atoms with van der Waals surface area (Å²) in [4.78, 5) is 64.9. The van der Waals surface area contributed by atoms with E-state index in [2.05, 4.69) is 13.1 Å². The summed E-state index contributed by atoms with van der Waals surface area (Å²) in [6, 6.07) is -2.17. The second-order valence-corrected chi connectivity index (χ2v) is 17.0. The largest absolute Gasteiger partial charge is 0.756 e. The predicted octanol–water partition coefficient (Wildman–Crippen LogP) is -3.52. The molecule has 0 aromatic carbocycles. The van der Waals surface area contributed by atoms with E-state index in [-0.39, 0.29) is 12.8 Å². The summed E-state index contributed by atoms with van der Waals surface area (Å²) < 4.78 is 118. The smallest absolute Gasteiger partial charge is 0.472 e. The van der Waals surface area contributed by atoms with E-state index >= 15 is 0 Å². The molecule has 3 saturated heterocycles. The van der Waals surface area contributed by atoms with Crippen LogP contribution in [0.15, 0.2) is 0 Å². The molecule has 3 aliphatic heterocycles. The summed E-state index contributed by atoms with van der Waals surface area (Å²) in [5.74, 6) is 0. The fraction of sp³-hybridized carbons (Fsp3) is 1.00. The van der Waals surface area contributed by atoms with Crippen LogP contribution >= 0.6 is 39.1 Å². The number of halogens is 1. The van der Waals surface area contributed by atoms with Gasteiger partial charge in [-0.15, -0.1) is 0 Å². The molecule has 47 heavy (non-hydrogen) atoms. The van der Waals surface area contributed by atoms with Gasteiger partial charge in [0.25, 0.3) is 31.3 Å². The first-order valence-corrected chi connectivity index (χ1v) is 20.4. The van der Waals surface area contributed by atoms with Gasteiger partial charge in [0, 0.05) is 26.2 Å². The van der Waals surface area contributed by atoms with Gasteiger partial charge in [0.1, 0.15) is 32.8 Å². The zero-order chi connectivity index (χ0) is 35.4. The number of phosphoric ester groups is 3. The standard InChI is InChI=1S/C16H30B3FO22P5/c17-15-2-10(13(37-15)6-35-46(29,30)42-47(31,32)41-43(22,23)24)39-45(27,28)34-7-14-11(3-16(19-18)38-14)40-44(25,26)33-5-12-9(21)1-8(4-20)36-12/h8-16,21H,1-7H2,(H,25,26)(H,27,28)(H,29,30)(H,31,32)(H2,22,23,24)/p-4/t8-,9+,10+,11+,12-,13-,14-,15-,16-/m1/s1. The molecular formula is C16H26B3FO22P5-4. The van der Waals surface area contributed by atoms with E-state index in [0.717, 1.165) is 7.17 Å². The minimum Gasteiger partial charge on any atom is -0.756 e. The van der Waals surface area contributed by atoms with Crippen LogP contribution in [-0.4, -0.2) is 119 Å². The summed E-state index contributed by atoms with van der Waals surface area (Å²) in [6.07, 6.45) is -9.87. The molecule has 267 valence electrons. The zero-order valence-corrected chi connectivity index (χ0v) is 28.1. The van der Waals surface area contributed by atoms with Gasteiger partial charge in [0.05, 0.1) is 51.4 Å². The molecule has 0 aromatic heterocycles. The summed E-state index contributed by atoms with van der Waals surface area (Å²) in [5, 5.41) is 9.89. The van der Waals surface area contributed by atoms with Gasteiger partial charge in [-0.05, 0) is 12.8 Å². The van der Waals surface area contributed by atoms with Crippen LogP contribution < -0.4 is 19.6 Å². The lowest BCUT2D eigenvalue weighted by molar-refractivity contribution is -0.250. The topological polar surface area (TPSA) is 331 Å². The second-order valence-electron chi connectivity index (χ2n) is 9.96. The van der Waals surface area contributed by atoms with Crippen molar-refractivity contribution in [2.24, 2.45) is 0 Å².